The van der Waals surface area contributed by atoms with Crippen molar-refractivity contribution in [3.8, 4) is 17.2 Å². The lowest BCUT2D eigenvalue weighted by atomic mass is 10.1. The number of ether oxygens (including phenoxy) is 2. The van der Waals surface area contributed by atoms with Gasteiger partial charge in [0.2, 0.25) is 0 Å². The third kappa shape index (κ3) is 3.32. The maximum absolute atomic E-state index is 5.89. The van der Waals surface area contributed by atoms with Crippen molar-refractivity contribution >= 4 is 15.9 Å². The Balaban J connectivity index is 2.28. The zero-order valence-electron chi connectivity index (χ0n) is 11.8. The molecule has 0 fully saturated rings. The molecule has 1 unspecified atom stereocenters. The van der Waals surface area contributed by atoms with Gasteiger partial charge in [0, 0.05) is 10.5 Å². The summed E-state index contributed by atoms with van der Waals surface area (Å²) in [6, 6.07) is 11.6. The number of nitrogens with two attached hydrogens (primary N) is 1. The highest BCUT2D eigenvalue weighted by Crippen LogP contribution is 2.34. The third-order valence-corrected chi connectivity index (χ3v) is 3.70. The molecule has 2 aromatic rings. The molecular formula is C16H18BrNO2. The molecule has 0 aliphatic rings. The van der Waals surface area contributed by atoms with Crippen molar-refractivity contribution in [1.82, 2.24) is 0 Å². The maximum atomic E-state index is 5.89. The first-order valence-electron chi connectivity index (χ1n) is 6.39. The summed E-state index contributed by atoms with van der Waals surface area (Å²) < 4.78 is 12.1. The summed E-state index contributed by atoms with van der Waals surface area (Å²) in [7, 11) is 1.64. The van der Waals surface area contributed by atoms with Crippen LogP contribution in [0.2, 0.25) is 0 Å². The van der Waals surface area contributed by atoms with Crippen LogP contribution in [0.3, 0.4) is 0 Å². The Morgan fingerprint density at radius 1 is 1.10 bits per heavy atom. The predicted molar refractivity (Wildman–Crippen MR) is 84.5 cm³/mol. The molecule has 2 aromatic carbocycles. The Kier molecular flexibility index (Phi) is 4.68. The number of halogens is 1. The Labute approximate surface area is 127 Å². The first-order valence-corrected chi connectivity index (χ1v) is 7.18. The number of rotatable bonds is 4. The van der Waals surface area contributed by atoms with Crippen LogP contribution in [0.5, 0.6) is 17.2 Å². The molecule has 4 heteroatoms. The van der Waals surface area contributed by atoms with Gasteiger partial charge in [-0.25, -0.2) is 0 Å². The number of aryl methyl sites for hydroxylation is 1. The fourth-order valence-corrected chi connectivity index (χ4v) is 2.65. The first-order chi connectivity index (χ1) is 9.51. The maximum Gasteiger partial charge on any atom is 0.169 e. The highest BCUT2D eigenvalue weighted by molar-refractivity contribution is 9.10. The Bertz CT molecular complexity index is 611. The smallest absolute Gasteiger partial charge is 0.169 e. The second-order valence-corrected chi connectivity index (χ2v) is 5.58. The SMILES string of the molecule is COc1cc(C)ccc1Oc1ccc(C(C)N)c(Br)c1. The van der Waals surface area contributed by atoms with Crippen LogP contribution in [0.1, 0.15) is 24.1 Å². The summed E-state index contributed by atoms with van der Waals surface area (Å²) in [6.07, 6.45) is 0. The van der Waals surface area contributed by atoms with Gasteiger partial charge < -0.3 is 15.2 Å². The van der Waals surface area contributed by atoms with E-state index < -0.39 is 0 Å². The molecule has 1 atom stereocenters. The van der Waals surface area contributed by atoms with Crippen LogP contribution in [0.4, 0.5) is 0 Å². The lowest BCUT2D eigenvalue weighted by Gasteiger charge is -2.13. The lowest BCUT2D eigenvalue weighted by Crippen LogP contribution is -2.05. The van der Waals surface area contributed by atoms with Crippen molar-refractivity contribution in [3.63, 3.8) is 0 Å². The molecular weight excluding hydrogens is 318 g/mol. The van der Waals surface area contributed by atoms with Crippen LogP contribution in [0.25, 0.3) is 0 Å². The molecule has 20 heavy (non-hydrogen) atoms. The highest BCUT2D eigenvalue weighted by Gasteiger charge is 2.09. The average Bonchev–Trinajstić information content (AvgIpc) is 2.40. The van der Waals surface area contributed by atoms with E-state index >= 15 is 0 Å². The van der Waals surface area contributed by atoms with Gasteiger partial charge in [0.25, 0.3) is 0 Å². The zero-order valence-corrected chi connectivity index (χ0v) is 13.4. The fraction of sp³-hybridized carbons (Fsp3) is 0.250. The number of hydrogen-bond acceptors (Lipinski definition) is 3. The summed E-state index contributed by atoms with van der Waals surface area (Å²) in [6.45, 7) is 3.96. The monoisotopic (exact) mass is 335 g/mol. The van der Waals surface area contributed by atoms with Gasteiger partial charge >= 0.3 is 0 Å². The van der Waals surface area contributed by atoms with Crippen LogP contribution in [0, 0.1) is 6.92 Å². The highest BCUT2D eigenvalue weighted by atomic mass is 79.9. The van der Waals surface area contributed by atoms with Crippen LogP contribution in [-0.4, -0.2) is 7.11 Å². The van der Waals surface area contributed by atoms with Crippen molar-refractivity contribution in [3.05, 3.63) is 52.0 Å². The Morgan fingerprint density at radius 3 is 2.45 bits per heavy atom. The molecule has 0 amide bonds. The van der Waals surface area contributed by atoms with Gasteiger partial charge in [-0.2, -0.15) is 0 Å². The number of benzene rings is 2. The molecule has 106 valence electrons. The standard InChI is InChI=1S/C16H18BrNO2/c1-10-4-7-15(16(8-10)19-3)20-12-5-6-13(11(2)18)14(17)9-12/h4-9,11H,18H2,1-3H3. The molecule has 0 heterocycles. The van der Waals surface area contributed by atoms with Crippen molar-refractivity contribution in [1.29, 1.82) is 0 Å². The van der Waals surface area contributed by atoms with Crippen molar-refractivity contribution in [2.75, 3.05) is 7.11 Å². The summed E-state index contributed by atoms with van der Waals surface area (Å²) in [4.78, 5) is 0. The van der Waals surface area contributed by atoms with E-state index in [1.165, 1.54) is 0 Å². The minimum Gasteiger partial charge on any atom is -0.493 e. The molecule has 0 aromatic heterocycles. The number of methoxy groups -OCH3 is 1. The van der Waals surface area contributed by atoms with Crippen molar-refractivity contribution in [2.45, 2.75) is 19.9 Å². The normalized spacial score (nSPS) is 12.1. The van der Waals surface area contributed by atoms with E-state index in [0.717, 1.165) is 27.1 Å². The quantitative estimate of drug-likeness (QED) is 0.889. The Morgan fingerprint density at radius 2 is 1.85 bits per heavy atom. The molecule has 0 spiro atoms. The first kappa shape index (κ1) is 14.9. The molecule has 2 rings (SSSR count). The molecule has 2 N–H and O–H groups in total. The molecule has 0 aliphatic heterocycles. The molecule has 0 saturated carbocycles. The summed E-state index contributed by atoms with van der Waals surface area (Å²) in [5, 5.41) is 0. The summed E-state index contributed by atoms with van der Waals surface area (Å²) in [5.74, 6) is 2.15. The minimum atomic E-state index is -0.0210. The van der Waals surface area contributed by atoms with E-state index in [2.05, 4.69) is 15.9 Å². The second-order valence-electron chi connectivity index (χ2n) is 4.73. The largest absolute Gasteiger partial charge is 0.493 e. The van der Waals surface area contributed by atoms with E-state index in [-0.39, 0.29) is 6.04 Å². The third-order valence-electron chi connectivity index (χ3n) is 3.01. The van der Waals surface area contributed by atoms with Crippen LogP contribution in [-0.2, 0) is 0 Å². The van der Waals surface area contributed by atoms with Gasteiger partial charge in [0.1, 0.15) is 5.75 Å². The van der Waals surface area contributed by atoms with Gasteiger partial charge in [0.15, 0.2) is 11.5 Å². The zero-order chi connectivity index (χ0) is 14.7. The van der Waals surface area contributed by atoms with Crippen LogP contribution in [0.15, 0.2) is 40.9 Å². The Hall–Kier alpha value is -1.52. The van der Waals surface area contributed by atoms with Crippen LogP contribution >= 0.6 is 15.9 Å². The van der Waals surface area contributed by atoms with E-state index in [1.54, 1.807) is 7.11 Å². The minimum absolute atomic E-state index is 0.0210. The summed E-state index contributed by atoms with van der Waals surface area (Å²) >= 11 is 3.52. The van der Waals surface area contributed by atoms with E-state index in [9.17, 15) is 0 Å². The predicted octanol–water partition coefficient (Wildman–Crippen LogP) is 4.58. The van der Waals surface area contributed by atoms with Crippen molar-refractivity contribution < 1.29 is 9.47 Å². The second kappa shape index (κ2) is 6.29. The summed E-state index contributed by atoms with van der Waals surface area (Å²) in [5.41, 5.74) is 8.07. The van der Waals surface area contributed by atoms with Gasteiger partial charge in [-0.1, -0.05) is 28.1 Å². The van der Waals surface area contributed by atoms with Gasteiger partial charge in [0.05, 0.1) is 7.11 Å². The van der Waals surface area contributed by atoms with Crippen molar-refractivity contribution in [2.24, 2.45) is 5.73 Å². The number of hydrogen-bond donors (Lipinski definition) is 1. The fourth-order valence-electron chi connectivity index (χ4n) is 1.93. The van der Waals surface area contributed by atoms with E-state index in [1.807, 2.05) is 50.2 Å². The molecule has 0 saturated heterocycles. The topological polar surface area (TPSA) is 44.5 Å². The van der Waals surface area contributed by atoms with Gasteiger partial charge in [-0.05, 0) is 49.2 Å². The molecule has 0 radical (unpaired) electrons. The van der Waals surface area contributed by atoms with E-state index in [0.29, 0.717) is 5.75 Å². The van der Waals surface area contributed by atoms with E-state index in [4.69, 9.17) is 15.2 Å². The molecule has 0 aliphatic carbocycles. The lowest BCUT2D eigenvalue weighted by molar-refractivity contribution is 0.378. The molecule has 0 bridgehead atoms. The van der Waals surface area contributed by atoms with Crippen LogP contribution < -0.4 is 15.2 Å². The van der Waals surface area contributed by atoms with Gasteiger partial charge in [-0.3, -0.25) is 0 Å². The average molecular weight is 336 g/mol. The molecule has 3 nitrogen and oxygen atoms in total. The van der Waals surface area contributed by atoms with Gasteiger partial charge in [-0.15, -0.1) is 0 Å².